The summed E-state index contributed by atoms with van der Waals surface area (Å²) in [5.41, 5.74) is 2.53. The van der Waals surface area contributed by atoms with Gasteiger partial charge in [0.25, 0.3) is 5.91 Å². The van der Waals surface area contributed by atoms with Crippen molar-refractivity contribution < 1.29 is 9.18 Å². The van der Waals surface area contributed by atoms with Crippen LogP contribution in [0.4, 0.5) is 4.39 Å². The number of amides is 1. The zero-order valence-electron chi connectivity index (χ0n) is 10.5. The second-order valence-corrected chi connectivity index (χ2v) is 4.34. The zero-order valence-corrected chi connectivity index (χ0v) is 10.5. The van der Waals surface area contributed by atoms with Crippen molar-refractivity contribution in [2.45, 2.75) is 0 Å². The van der Waals surface area contributed by atoms with Crippen LogP contribution in [0.2, 0.25) is 0 Å². The Morgan fingerprint density at radius 1 is 1.05 bits per heavy atom. The van der Waals surface area contributed by atoms with E-state index in [9.17, 15) is 9.18 Å². The summed E-state index contributed by atoms with van der Waals surface area (Å²) in [6.45, 7) is 0. The van der Waals surface area contributed by atoms with E-state index < -0.39 is 5.82 Å². The third-order valence-corrected chi connectivity index (χ3v) is 2.97. The molecule has 1 aliphatic rings. The van der Waals surface area contributed by atoms with E-state index in [0.29, 0.717) is 16.8 Å². The number of halogens is 1. The first kappa shape index (κ1) is 12.2. The van der Waals surface area contributed by atoms with E-state index in [1.165, 1.54) is 12.1 Å². The van der Waals surface area contributed by atoms with Gasteiger partial charge in [0, 0.05) is 17.2 Å². The molecule has 20 heavy (non-hydrogen) atoms. The normalized spacial score (nSPS) is 14.4. The molecule has 3 heteroatoms. The molecule has 1 aliphatic heterocycles. The minimum atomic E-state index is -0.421. The summed E-state index contributed by atoms with van der Waals surface area (Å²) in [5.74, 6) is 5.16. The Kier molecular flexibility index (Phi) is 3.06. The van der Waals surface area contributed by atoms with Gasteiger partial charge in [0.15, 0.2) is 0 Å². The molecule has 0 radical (unpaired) electrons. The van der Waals surface area contributed by atoms with Gasteiger partial charge in [0.1, 0.15) is 5.82 Å². The molecule has 3 rings (SSSR count). The minimum absolute atomic E-state index is 0.299. The van der Waals surface area contributed by atoms with Crippen molar-refractivity contribution in [3.8, 4) is 11.8 Å². The van der Waals surface area contributed by atoms with E-state index in [1.54, 1.807) is 12.1 Å². The lowest BCUT2D eigenvalue weighted by molar-refractivity contribution is 0.0980. The van der Waals surface area contributed by atoms with Crippen molar-refractivity contribution >= 4 is 11.6 Å². The van der Waals surface area contributed by atoms with Crippen LogP contribution in [0, 0.1) is 17.7 Å². The quantitative estimate of drug-likeness (QED) is 0.727. The monoisotopic (exact) mass is 263 g/mol. The molecular weight excluding hydrogens is 253 g/mol. The zero-order chi connectivity index (χ0) is 13.9. The maximum Gasteiger partial charge on any atom is 0.256 e. The van der Waals surface area contributed by atoms with E-state index in [0.717, 1.165) is 5.56 Å². The van der Waals surface area contributed by atoms with Crippen molar-refractivity contribution in [2.24, 2.45) is 0 Å². The number of nitrogens with one attached hydrogen (secondary N) is 1. The van der Waals surface area contributed by atoms with E-state index >= 15 is 0 Å². The van der Waals surface area contributed by atoms with Crippen molar-refractivity contribution in [3.63, 3.8) is 0 Å². The Balaban J connectivity index is 1.93. The maximum atomic E-state index is 13.1. The van der Waals surface area contributed by atoms with Gasteiger partial charge in [-0.15, -0.1) is 0 Å². The van der Waals surface area contributed by atoms with Crippen LogP contribution in [0.5, 0.6) is 0 Å². The molecule has 1 amide bonds. The van der Waals surface area contributed by atoms with Gasteiger partial charge in [-0.05, 0) is 30.3 Å². The third-order valence-electron chi connectivity index (χ3n) is 2.97. The predicted octanol–water partition coefficient (Wildman–Crippen LogP) is 2.96. The van der Waals surface area contributed by atoms with Crippen LogP contribution >= 0.6 is 0 Å². The molecule has 1 N–H and O–H groups in total. The Morgan fingerprint density at radius 2 is 1.85 bits per heavy atom. The molecule has 0 aliphatic carbocycles. The Hall–Kier alpha value is -2.86. The molecule has 96 valence electrons. The van der Waals surface area contributed by atoms with Crippen molar-refractivity contribution in [1.82, 2.24) is 5.32 Å². The van der Waals surface area contributed by atoms with E-state index in [-0.39, 0.29) is 5.91 Å². The van der Waals surface area contributed by atoms with Gasteiger partial charge in [-0.25, -0.2) is 4.39 Å². The highest BCUT2D eigenvalue weighted by atomic mass is 19.1. The Labute approximate surface area is 115 Å². The molecule has 2 aromatic carbocycles. The fourth-order valence-electron chi connectivity index (χ4n) is 2.02. The number of carbonyl (C=O) groups excluding carboxylic acids is 1. The molecule has 1 heterocycles. The fourth-order valence-corrected chi connectivity index (χ4v) is 2.02. The van der Waals surface area contributed by atoms with Gasteiger partial charge < -0.3 is 5.32 Å². The predicted molar refractivity (Wildman–Crippen MR) is 75.2 cm³/mol. The van der Waals surface area contributed by atoms with Crippen LogP contribution in [0.15, 0.2) is 54.6 Å². The molecular formula is C17H10FNO. The van der Waals surface area contributed by atoms with Gasteiger partial charge in [-0.2, -0.15) is 0 Å². The van der Waals surface area contributed by atoms with Gasteiger partial charge in [0.2, 0.25) is 0 Å². The molecule has 0 atom stereocenters. The van der Waals surface area contributed by atoms with Gasteiger partial charge in [-0.1, -0.05) is 30.0 Å². The summed E-state index contributed by atoms with van der Waals surface area (Å²) in [6, 6.07) is 13.7. The van der Waals surface area contributed by atoms with E-state index in [4.69, 9.17) is 0 Å². The summed E-state index contributed by atoms with van der Waals surface area (Å²) in [6.07, 6.45) is 1.63. The molecule has 0 spiro atoms. The Bertz CT molecular complexity index is 767. The lowest BCUT2D eigenvalue weighted by Crippen LogP contribution is -2.12. The smallest absolute Gasteiger partial charge is 0.256 e. The third kappa shape index (κ3) is 2.32. The number of rotatable bonds is 0. The molecule has 0 bridgehead atoms. The van der Waals surface area contributed by atoms with Crippen LogP contribution in [-0.4, -0.2) is 5.91 Å². The molecule has 0 saturated heterocycles. The summed E-state index contributed by atoms with van der Waals surface area (Å²) < 4.78 is 13.1. The summed E-state index contributed by atoms with van der Waals surface area (Å²) in [7, 11) is 0. The van der Waals surface area contributed by atoms with Gasteiger partial charge >= 0.3 is 0 Å². The minimum Gasteiger partial charge on any atom is -0.321 e. The summed E-state index contributed by atoms with van der Waals surface area (Å²) >= 11 is 0. The van der Waals surface area contributed by atoms with Crippen LogP contribution in [0.25, 0.3) is 5.70 Å². The summed E-state index contributed by atoms with van der Waals surface area (Å²) in [5, 5.41) is 2.69. The average Bonchev–Trinajstić information content (AvgIpc) is 2.76. The SMILES string of the molecule is O=C1N/C(=C\C#Cc2ccccc2)c2ccc(F)cc21. The summed E-state index contributed by atoms with van der Waals surface area (Å²) in [4.78, 5) is 11.7. The standard InChI is InChI=1S/C17H10FNO/c18-13-9-10-14-15(11-13)17(20)19-16(14)8-4-7-12-5-2-1-3-6-12/h1-3,5-6,8-11H,(H,19,20)/b16-8-. The van der Waals surface area contributed by atoms with Crippen LogP contribution in [-0.2, 0) is 0 Å². The van der Waals surface area contributed by atoms with Crippen molar-refractivity contribution in [1.29, 1.82) is 0 Å². The number of carbonyl (C=O) groups is 1. The topological polar surface area (TPSA) is 29.1 Å². The second kappa shape index (κ2) is 5.02. The van der Waals surface area contributed by atoms with Gasteiger partial charge in [0.05, 0.1) is 11.3 Å². The molecule has 2 nitrogen and oxygen atoms in total. The van der Waals surface area contributed by atoms with E-state index in [2.05, 4.69) is 17.2 Å². The Morgan fingerprint density at radius 3 is 2.65 bits per heavy atom. The fraction of sp³-hybridized carbons (Fsp3) is 0. The molecule has 0 unspecified atom stereocenters. The lowest BCUT2D eigenvalue weighted by atomic mass is 10.1. The van der Waals surface area contributed by atoms with Crippen LogP contribution < -0.4 is 5.32 Å². The first-order valence-corrected chi connectivity index (χ1v) is 6.12. The maximum absolute atomic E-state index is 13.1. The highest BCUT2D eigenvalue weighted by molar-refractivity contribution is 6.09. The van der Waals surface area contributed by atoms with Gasteiger partial charge in [-0.3, -0.25) is 4.79 Å². The lowest BCUT2D eigenvalue weighted by Gasteiger charge is -1.96. The molecule has 0 saturated carbocycles. The number of hydrogen-bond acceptors (Lipinski definition) is 1. The van der Waals surface area contributed by atoms with Crippen molar-refractivity contribution in [3.05, 3.63) is 77.1 Å². The number of benzene rings is 2. The highest BCUT2D eigenvalue weighted by Crippen LogP contribution is 2.24. The van der Waals surface area contributed by atoms with E-state index in [1.807, 2.05) is 30.3 Å². The number of fused-ring (bicyclic) bond motifs is 1. The van der Waals surface area contributed by atoms with Crippen molar-refractivity contribution in [2.75, 3.05) is 0 Å². The average molecular weight is 263 g/mol. The first-order chi connectivity index (χ1) is 9.74. The first-order valence-electron chi connectivity index (χ1n) is 6.12. The number of allylic oxidation sites excluding steroid dienone is 1. The van der Waals surface area contributed by atoms with Crippen LogP contribution in [0.3, 0.4) is 0 Å². The number of hydrogen-bond donors (Lipinski definition) is 1. The molecule has 2 aromatic rings. The van der Waals surface area contributed by atoms with Crippen LogP contribution in [0.1, 0.15) is 21.5 Å². The highest BCUT2D eigenvalue weighted by Gasteiger charge is 2.23. The molecule has 0 fully saturated rings. The molecule has 0 aromatic heterocycles. The largest absolute Gasteiger partial charge is 0.321 e. The second-order valence-electron chi connectivity index (χ2n) is 4.34.